The van der Waals surface area contributed by atoms with Gasteiger partial charge < -0.3 is 2.85 Å². The molecule has 0 aromatic heterocycles. The SMILES string of the molecule is C[Si](C)(CCl)Cc1ccccc1.[H-].[H-].[Mg+2]. The first-order valence-corrected chi connectivity index (χ1v) is 8.19. The molecular formula is C10H17ClMgSi. The van der Waals surface area contributed by atoms with Crippen LogP contribution < -0.4 is 0 Å². The average molecular weight is 225 g/mol. The van der Waals surface area contributed by atoms with Gasteiger partial charge in [0, 0.05) is 5.50 Å². The standard InChI is InChI=1S/C10H15ClSi.Mg.2H/c1-12(2,9-11)8-10-6-4-3-5-7-10;;;/h3-7H,8-9H2,1-2H3;;;/q;+2;2*-1. The topological polar surface area (TPSA) is 0 Å². The van der Waals surface area contributed by atoms with Gasteiger partial charge in [-0.1, -0.05) is 49.0 Å². The molecule has 0 fully saturated rings. The van der Waals surface area contributed by atoms with Crippen LogP contribution in [0.15, 0.2) is 30.3 Å². The molecule has 0 amide bonds. The number of alkyl halides is 1. The fraction of sp³-hybridized carbons (Fsp3) is 0.400. The van der Waals surface area contributed by atoms with E-state index >= 15 is 0 Å². The molecule has 0 bridgehead atoms. The van der Waals surface area contributed by atoms with Crippen molar-refractivity contribution in [2.45, 2.75) is 19.1 Å². The molecule has 13 heavy (non-hydrogen) atoms. The van der Waals surface area contributed by atoms with Crippen molar-refractivity contribution in [2.75, 3.05) is 5.50 Å². The Bertz CT molecular complexity index is 244. The maximum atomic E-state index is 5.90. The molecule has 0 heterocycles. The zero-order valence-electron chi connectivity index (χ0n) is 10.4. The van der Waals surface area contributed by atoms with E-state index in [0.29, 0.717) is 0 Å². The van der Waals surface area contributed by atoms with Crippen molar-refractivity contribution in [3.05, 3.63) is 35.9 Å². The number of benzene rings is 1. The third-order valence-corrected chi connectivity index (χ3v) is 6.15. The van der Waals surface area contributed by atoms with Gasteiger partial charge in [-0.2, -0.15) is 0 Å². The number of rotatable bonds is 3. The average Bonchev–Trinajstić information content (AvgIpc) is 2.06. The Morgan fingerprint density at radius 2 is 1.77 bits per heavy atom. The fourth-order valence-electron chi connectivity index (χ4n) is 1.20. The smallest absolute Gasteiger partial charge is 1.00 e. The summed E-state index contributed by atoms with van der Waals surface area (Å²) in [6.45, 7) is 4.65. The van der Waals surface area contributed by atoms with E-state index in [2.05, 4.69) is 43.4 Å². The number of halogens is 1. The van der Waals surface area contributed by atoms with E-state index in [0.717, 1.165) is 5.50 Å². The minimum absolute atomic E-state index is 0. The summed E-state index contributed by atoms with van der Waals surface area (Å²) in [5.74, 6) is 0. The van der Waals surface area contributed by atoms with E-state index in [9.17, 15) is 0 Å². The molecule has 1 aromatic rings. The third-order valence-electron chi connectivity index (χ3n) is 1.89. The first kappa shape index (κ1) is 13.5. The molecule has 0 saturated heterocycles. The van der Waals surface area contributed by atoms with E-state index in [1.807, 2.05) is 0 Å². The van der Waals surface area contributed by atoms with Gasteiger partial charge in [0.25, 0.3) is 0 Å². The summed E-state index contributed by atoms with van der Waals surface area (Å²) >= 11 is 5.90. The molecular weight excluding hydrogens is 208 g/mol. The van der Waals surface area contributed by atoms with E-state index in [-0.39, 0.29) is 25.9 Å². The van der Waals surface area contributed by atoms with Gasteiger partial charge in [0.15, 0.2) is 0 Å². The molecule has 3 heteroatoms. The monoisotopic (exact) mass is 224 g/mol. The van der Waals surface area contributed by atoms with Crippen molar-refractivity contribution in [2.24, 2.45) is 0 Å². The summed E-state index contributed by atoms with van der Waals surface area (Å²) < 4.78 is 0. The molecule has 0 radical (unpaired) electrons. The van der Waals surface area contributed by atoms with Crippen molar-refractivity contribution in [1.29, 1.82) is 0 Å². The van der Waals surface area contributed by atoms with Crippen molar-refractivity contribution in [1.82, 2.24) is 0 Å². The predicted octanol–water partition coefficient (Wildman–Crippen LogP) is 3.10. The van der Waals surface area contributed by atoms with E-state index in [1.54, 1.807) is 0 Å². The Labute approximate surface area is 106 Å². The Balaban J connectivity index is -0.000000480. The molecule has 0 spiro atoms. The second kappa shape index (κ2) is 6.07. The maximum Gasteiger partial charge on any atom is 2.00 e. The Kier molecular flexibility index (Phi) is 6.30. The zero-order chi connectivity index (χ0) is 9.03. The van der Waals surface area contributed by atoms with Crippen molar-refractivity contribution < 1.29 is 2.85 Å². The van der Waals surface area contributed by atoms with Crippen LogP contribution in [0.3, 0.4) is 0 Å². The molecule has 0 unspecified atom stereocenters. The molecule has 70 valence electrons. The summed E-state index contributed by atoms with van der Waals surface area (Å²) in [6.07, 6.45) is 0. The first-order chi connectivity index (χ1) is 5.64. The van der Waals surface area contributed by atoms with Crippen LogP contribution in [-0.2, 0) is 6.04 Å². The Hall–Kier alpha value is 0.493. The van der Waals surface area contributed by atoms with Crippen molar-refractivity contribution in [3.8, 4) is 0 Å². The summed E-state index contributed by atoms with van der Waals surface area (Å²) in [7, 11) is -1.15. The van der Waals surface area contributed by atoms with Crippen LogP contribution in [0.25, 0.3) is 0 Å². The first-order valence-electron chi connectivity index (χ1n) is 4.24. The van der Waals surface area contributed by atoms with Gasteiger partial charge in [0.1, 0.15) is 0 Å². The molecule has 0 aliphatic carbocycles. The normalized spacial score (nSPS) is 10.7. The van der Waals surface area contributed by atoms with E-state index < -0.39 is 8.07 Å². The summed E-state index contributed by atoms with van der Waals surface area (Å²) in [6, 6.07) is 11.8. The summed E-state index contributed by atoms with van der Waals surface area (Å²) in [4.78, 5) is 0. The molecule has 0 N–H and O–H groups in total. The second-order valence-corrected chi connectivity index (χ2v) is 9.71. The third kappa shape index (κ3) is 5.06. The van der Waals surface area contributed by atoms with Crippen LogP contribution in [0.4, 0.5) is 0 Å². The minimum atomic E-state index is -1.15. The van der Waals surface area contributed by atoms with Gasteiger partial charge in [0.2, 0.25) is 0 Å². The zero-order valence-corrected chi connectivity index (χ0v) is 11.6. The number of hydrogen-bond donors (Lipinski definition) is 0. The van der Waals surface area contributed by atoms with Gasteiger partial charge in [0.05, 0.1) is 8.07 Å². The maximum absolute atomic E-state index is 5.90. The second-order valence-electron chi connectivity index (χ2n) is 3.96. The van der Waals surface area contributed by atoms with Crippen LogP contribution in [0, 0.1) is 0 Å². The van der Waals surface area contributed by atoms with Gasteiger partial charge in [-0.25, -0.2) is 0 Å². The summed E-state index contributed by atoms with van der Waals surface area (Å²) in [5.41, 5.74) is 2.27. The molecule has 0 aliphatic rings. The molecule has 0 aliphatic heterocycles. The fourth-order valence-corrected chi connectivity index (χ4v) is 2.91. The Morgan fingerprint density at radius 1 is 1.23 bits per heavy atom. The molecule has 1 rings (SSSR count). The number of hydrogen-bond acceptors (Lipinski definition) is 0. The van der Waals surface area contributed by atoms with Crippen LogP contribution in [0.2, 0.25) is 13.1 Å². The minimum Gasteiger partial charge on any atom is -1.00 e. The van der Waals surface area contributed by atoms with Gasteiger partial charge >= 0.3 is 23.1 Å². The van der Waals surface area contributed by atoms with E-state index in [1.165, 1.54) is 11.6 Å². The van der Waals surface area contributed by atoms with Crippen molar-refractivity contribution in [3.63, 3.8) is 0 Å². The quantitative estimate of drug-likeness (QED) is 0.547. The van der Waals surface area contributed by atoms with Gasteiger partial charge in [-0.15, -0.1) is 11.6 Å². The predicted molar refractivity (Wildman–Crippen MR) is 66.3 cm³/mol. The molecule has 0 atom stereocenters. The van der Waals surface area contributed by atoms with Crippen LogP contribution >= 0.6 is 11.6 Å². The van der Waals surface area contributed by atoms with Crippen LogP contribution in [0.1, 0.15) is 8.42 Å². The Morgan fingerprint density at radius 3 is 2.23 bits per heavy atom. The molecule has 0 nitrogen and oxygen atoms in total. The van der Waals surface area contributed by atoms with Crippen LogP contribution in [-0.4, -0.2) is 36.6 Å². The summed E-state index contributed by atoms with van der Waals surface area (Å²) in [5, 5.41) is 0. The van der Waals surface area contributed by atoms with Crippen molar-refractivity contribution >= 4 is 42.7 Å². The molecule has 1 aromatic carbocycles. The van der Waals surface area contributed by atoms with Gasteiger partial charge in [-0.05, 0) is 6.04 Å². The van der Waals surface area contributed by atoms with Gasteiger partial charge in [-0.3, -0.25) is 0 Å². The van der Waals surface area contributed by atoms with E-state index in [4.69, 9.17) is 11.6 Å². The largest absolute Gasteiger partial charge is 2.00 e. The van der Waals surface area contributed by atoms with Crippen LogP contribution in [0.5, 0.6) is 0 Å². The molecule has 0 saturated carbocycles.